The highest BCUT2D eigenvalue weighted by Gasteiger charge is 1.89. The second kappa shape index (κ2) is 3.32. The molecule has 0 bridgehead atoms. The van der Waals surface area contributed by atoms with Crippen LogP contribution in [0.3, 0.4) is 0 Å². The van der Waals surface area contributed by atoms with Gasteiger partial charge in [-0.2, -0.15) is 4.37 Å². The van der Waals surface area contributed by atoms with E-state index in [0.717, 1.165) is 11.5 Å². The summed E-state index contributed by atoms with van der Waals surface area (Å²) < 4.78 is 4.05. The summed E-state index contributed by atoms with van der Waals surface area (Å²) in [5, 5.41) is 0. The molecule has 0 aliphatic carbocycles. The van der Waals surface area contributed by atoms with Crippen LogP contribution in [0.4, 0.5) is 0 Å². The van der Waals surface area contributed by atoms with E-state index in [4.69, 9.17) is 0 Å². The Morgan fingerprint density at radius 1 is 1.42 bits per heavy atom. The van der Waals surface area contributed by atoms with E-state index in [9.17, 15) is 0 Å². The molecule has 2 rings (SSSR count). The minimum absolute atomic E-state index is 0.759. The molecule has 0 spiro atoms. The number of nitrogens with one attached hydrogen (secondary N) is 1. The lowest BCUT2D eigenvalue weighted by Crippen LogP contribution is -1.72. The van der Waals surface area contributed by atoms with Crippen LogP contribution in [-0.2, 0) is 0 Å². The van der Waals surface area contributed by atoms with Gasteiger partial charge in [0.25, 0.3) is 0 Å². The zero-order chi connectivity index (χ0) is 8.23. The van der Waals surface area contributed by atoms with Crippen LogP contribution in [0.15, 0.2) is 23.8 Å². The van der Waals surface area contributed by atoms with Gasteiger partial charge in [0.05, 0.1) is 0 Å². The third kappa shape index (κ3) is 1.60. The van der Waals surface area contributed by atoms with Crippen LogP contribution in [0.25, 0.3) is 12.2 Å². The van der Waals surface area contributed by atoms with E-state index in [2.05, 4.69) is 14.3 Å². The Kier molecular flexibility index (Phi) is 2.00. The van der Waals surface area contributed by atoms with Gasteiger partial charge in [-0.05, 0) is 35.8 Å². The maximum atomic E-state index is 4.05. The molecule has 0 fully saturated rings. The third-order valence-corrected chi connectivity index (χ3v) is 1.90. The fraction of sp³-hybridized carbons (Fsp3) is 0. The van der Waals surface area contributed by atoms with Crippen molar-refractivity contribution in [2.45, 2.75) is 0 Å². The lowest BCUT2D eigenvalue weighted by molar-refractivity contribution is 1.28. The Bertz CT molecular complexity index is 311. The van der Waals surface area contributed by atoms with E-state index in [1.54, 1.807) is 5.51 Å². The van der Waals surface area contributed by atoms with Crippen molar-refractivity contribution in [2.75, 3.05) is 0 Å². The lowest BCUT2D eigenvalue weighted by Gasteiger charge is -1.82. The number of hydrogen-bond acceptors (Lipinski definition) is 3. The van der Waals surface area contributed by atoms with Crippen molar-refractivity contribution >= 4 is 23.7 Å². The van der Waals surface area contributed by atoms with Crippen LogP contribution >= 0.6 is 11.5 Å². The molecule has 2 aromatic rings. The predicted octanol–water partition coefficient (Wildman–Crippen LogP) is 2.04. The van der Waals surface area contributed by atoms with Crippen LogP contribution in [0.2, 0.25) is 0 Å². The van der Waals surface area contributed by atoms with Gasteiger partial charge in [-0.1, -0.05) is 0 Å². The molecule has 12 heavy (non-hydrogen) atoms. The normalized spacial score (nSPS) is 11.0. The summed E-state index contributed by atoms with van der Waals surface area (Å²) in [6.45, 7) is 0. The van der Waals surface area contributed by atoms with E-state index in [1.165, 1.54) is 11.5 Å². The summed E-state index contributed by atoms with van der Waals surface area (Å²) in [6.07, 6.45) is 5.71. The van der Waals surface area contributed by atoms with Gasteiger partial charge in [-0.3, -0.25) is 0 Å². The standard InChI is InChI=1S/C8H7N3S/c1-2-7(9-5-1)3-4-8-10-6-12-11-8/h1-6,9H/b4-3+. The molecular formula is C8H7N3S. The third-order valence-electron chi connectivity index (χ3n) is 1.41. The first-order chi connectivity index (χ1) is 5.95. The maximum absolute atomic E-state index is 4.05. The Morgan fingerprint density at radius 3 is 3.08 bits per heavy atom. The van der Waals surface area contributed by atoms with E-state index in [1.807, 2.05) is 30.5 Å². The van der Waals surface area contributed by atoms with Gasteiger partial charge >= 0.3 is 0 Å². The van der Waals surface area contributed by atoms with Gasteiger partial charge in [-0.25, -0.2) is 4.98 Å². The molecule has 0 saturated carbocycles. The summed E-state index contributed by atoms with van der Waals surface area (Å²) in [6, 6.07) is 3.94. The van der Waals surface area contributed by atoms with Crippen molar-refractivity contribution in [3.05, 3.63) is 35.4 Å². The summed E-state index contributed by atoms with van der Waals surface area (Å²) >= 11 is 1.35. The molecule has 0 unspecified atom stereocenters. The Labute approximate surface area is 74.0 Å². The molecule has 2 aromatic heterocycles. The van der Waals surface area contributed by atoms with Crippen LogP contribution in [0, 0.1) is 0 Å². The quantitative estimate of drug-likeness (QED) is 0.762. The minimum atomic E-state index is 0.759. The molecule has 0 radical (unpaired) electrons. The SMILES string of the molecule is C(=C\c1ccc[nH]1)/c1ncsn1. The number of rotatable bonds is 2. The van der Waals surface area contributed by atoms with Crippen molar-refractivity contribution in [1.82, 2.24) is 14.3 Å². The Morgan fingerprint density at radius 2 is 2.42 bits per heavy atom. The number of nitrogens with zero attached hydrogens (tertiary/aromatic N) is 2. The van der Waals surface area contributed by atoms with Crippen LogP contribution in [0.1, 0.15) is 11.5 Å². The zero-order valence-corrected chi connectivity index (χ0v) is 7.08. The molecule has 0 atom stereocenters. The van der Waals surface area contributed by atoms with Gasteiger partial charge in [0.2, 0.25) is 0 Å². The number of hydrogen-bond donors (Lipinski definition) is 1. The first-order valence-electron chi connectivity index (χ1n) is 3.53. The second-order valence-electron chi connectivity index (χ2n) is 2.25. The smallest absolute Gasteiger partial charge is 0.165 e. The molecule has 0 amide bonds. The van der Waals surface area contributed by atoms with Gasteiger partial charge in [0, 0.05) is 11.9 Å². The molecule has 4 heteroatoms. The van der Waals surface area contributed by atoms with Crippen molar-refractivity contribution in [3.8, 4) is 0 Å². The first kappa shape index (κ1) is 7.24. The van der Waals surface area contributed by atoms with E-state index >= 15 is 0 Å². The molecular weight excluding hydrogens is 170 g/mol. The molecule has 0 aromatic carbocycles. The lowest BCUT2D eigenvalue weighted by atomic mass is 10.4. The van der Waals surface area contributed by atoms with Gasteiger partial charge < -0.3 is 4.98 Å². The minimum Gasteiger partial charge on any atom is -0.362 e. The van der Waals surface area contributed by atoms with Crippen molar-refractivity contribution in [2.24, 2.45) is 0 Å². The van der Waals surface area contributed by atoms with Gasteiger partial charge in [0.1, 0.15) is 5.51 Å². The number of aromatic amines is 1. The topological polar surface area (TPSA) is 41.6 Å². The maximum Gasteiger partial charge on any atom is 0.165 e. The zero-order valence-electron chi connectivity index (χ0n) is 6.27. The molecule has 60 valence electrons. The first-order valence-corrected chi connectivity index (χ1v) is 4.36. The molecule has 0 saturated heterocycles. The highest BCUT2D eigenvalue weighted by atomic mass is 32.1. The number of aromatic nitrogens is 3. The van der Waals surface area contributed by atoms with Gasteiger partial charge in [0.15, 0.2) is 5.82 Å². The van der Waals surface area contributed by atoms with Crippen molar-refractivity contribution in [3.63, 3.8) is 0 Å². The number of H-pyrrole nitrogens is 1. The molecule has 0 aliphatic rings. The van der Waals surface area contributed by atoms with E-state index < -0.39 is 0 Å². The Balaban J connectivity index is 2.14. The van der Waals surface area contributed by atoms with E-state index in [-0.39, 0.29) is 0 Å². The van der Waals surface area contributed by atoms with Crippen LogP contribution < -0.4 is 0 Å². The van der Waals surface area contributed by atoms with Crippen molar-refractivity contribution < 1.29 is 0 Å². The Hall–Kier alpha value is -1.42. The predicted molar refractivity (Wildman–Crippen MR) is 49.6 cm³/mol. The average molecular weight is 177 g/mol. The van der Waals surface area contributed by atoms with E-state index in [0.29, 0.717) is 0 Å². The fourth-order valence-corrected chi connectivity index (χ4v) is 1.28. The largest absolute Gasteiger partial charge is 0.362 e. The highest BCUT2D eigenvalue weighted by Crippen LogP contribution is 2.02. The summed E-state index contributed by atoms with van der Waals surface area (Å²) in [5.41, 5.74) is 2.78. The fourth-order valence-electron chi connectivity index (χ4n) is 0.864. The second-order valence-corrected chi connectivity index (χ2v) is 2.85. The molecule has 3 nitrogen and oxygen atoms in total. The molecule has 0 aliphatic heterocycles. The summed E-state index contributed by atoms with van der Waals surface area (Å²) in [7, 11) is 0. The van der Waals surface area contributed by atoms with Crippen molar-refractivity contribution in [1.29, 1.82) is 0 Å². The average Bonchev–Trinajstić information content (AvgIpc) is 2.74. The molecule has 2 heterocycles. The summed E-state index contributed by atoms with van der Waals surface area (Å²) in [5.74, 6) is 0.759. The highest BCUT2D eigenvalue weighted by molar-refractivity contribution is 7.03. The molecule has 1 N–H and O–H groups in total. The summed E-state index contributed by atoms with van der Waals surface area (Å²) in [4.78, 5) is 7.08. The van der Waals surface area contributed by atoms with Crippen LogP contribution in [0.5, 0.6) is 0 Å². The monoisotopic (exact) mass is 177 g/mol. The van der Waals surface area contributed by atoms with Gasteiger partial charge in [-0.15, -0.1) is 0 Å². The van der Waals surface area contributed by atoms with Crippen LogP contribution in [-0.4, -0.2) is 14.3 Å².